The van der Waals surface area contributed by atoms with E-state index in [9.17, 15) is 9.90 Å². The van der Waals surface area contributed by atoms with Crippen molar-refractivity contribution in [3.05, 3.63) is 42.0 Å². The molecular formula is C20H25NO3. The van der Waals surface area contributed by atoms with E-state index in [1.807, 2.05) is 18.2 Å². The Kier molecular flexibility index (Phi) is 3.59. The van der Waals surface area contributed by atoms with Gasteiger partial charge in [-0.1, -0.05) is 18.2 Å². The van der Waals surface area contributed by atoms with Crippen LogP contribution in [0.25, 0.3) is 0 Å². The van der Waals surface area contributed by atoms with E-state index in [0.29, 0.717) is 19.3 Å². The van der Waals surface area contributed by atoms with Gasteiger partial charge in [-0.05, 0) is 37.4 Å². The summed E-state index contributed by atoms with van der Waals surface area (Å²) in [6, 6.07) is 6.14. The Bertz CT molecular complexity index is 700. The molecule has 3 atom stereocenters. The minimum absolute atomic E-state index is 0.0388. The highest BCUT2D eigenvalue weighted by molar-refractivity contribution is 5.83. The summed E-state index contributed by atoms with van der Waals surface area (Å²) in [5.74, 6) is 1.07. The van der Waals surface area contributed by atoms with E-state index in [1.54, 1.807) is 7.11 Å². The number of Topliss-reactive ketones (excluding diaryl/α,β-unsaturated/α-hetero) is 1. The predicted octanol–water partition coefficient (Wildman–Crippen LogP) is 2.23. The van der Waals surface area contributed by atoms with Crippen LogP contribution < -0.4 is 4.74 Å². The van der Waals surface area contributed by atoms with E-state index >= 15 is 0 Å². The highest BCUT2D eigenvalue weighted by atomic mass is 16.5. The molecule has 0 spiro atoms. The molecule has 4 nitrogen and oxygen atoms in total. The molecular weight excluding hydrogens is 302 g/mol. The quantitative estimate of drug-likeness (QED) is 0.865. The zero-order chi connectivity index (χ0) is 16.9. The van der Waals surface area contributed by atoms with Crippen molar-refractivity contribution < 1.29 is 14.6 Å². The lowest BCUT2D eigenvalue weighted by Crippen LogP contribution is -2.73. The Morgan fingerprint density at radius 3 is 3.04 bits per heavy atom. The van der Waals surface area contributed by atoms with Crippen LogP contribution >= 0.6 is 0 Å². The minimum Gasteiger partial charge on any atom is -0.496 e. The van der Waals surface area contributed by atoms with Crippen LogP contribution in [-0.2, 0) is 16.6 Å². The summed E-state index contributed by atoms with van der Waals surface area (Å²) in [5, 5.41) is 11.9. The second kappa shape index (κ2) is 5.43. The van der Waals surface area contributed by atoms with Crippen molar-refractivity contribution in [3.63, 3.8) is 0 Å². The lowest BCUT2D eigenvalue weighted by atomic mass is 9.49. The van der Waals surface area contributed by atoms with Crippen molar-refractivity contribution >= 4 is 5.78 Å². The molecule has 128 valence electrons. The number of ether oxygens (including phenoxy) is 1. The highest BCUT2D eigenvalue weighted by Crippen LogP contribution is 2.59. The van der Waals surface area contributed by atoms with Crippen LogP contribution in [0, 0.1) is 0 Å². The topological polar surface area (TPSA) is 49.8 Å². The molecule has 0 radical (unpaired) electrons. The summed E-state index contributed by atoms with van der Waals surface area (Å²) >= 11 is 0. The maximum Gasteiger partial charge on any atom is 0.134 e. The second-order valence-electron chi connectivity index (χ2n) is 7.47. The summed E-state index contributed by atoms with van der Waals surface area (Å²) in [4.78, 5) is 14.7. The van der Waals surface area contributed by atoms with Crippen LogP contribution in [0.4, 0.5) is 0 Å². The number of carbonyl (C=O) groups excluding carboxylic acids is 1. The van der Waals surface area contributed by atoms with Crippen LogP contribution in [0.15, 0.2) is 30.9 Å². The molecule has 1 heterocycles. The van der Waals surface area contributed by atoms with Crippen LogP contribution in [0.1, 0.15) is 36.8 Å². The van der Waals surface area contributed by atoms with E-state index in [4.69, 9.17) is 4.74 Å². The van der Waals surface area contributed by atoms with E-state index in [-0.39, 0.29) is 11.8 Å². The normalized spacial score (nSPS) is 35.1. The van der Waals surface area contributed by atoms with Gasteiger partial charge in [0.15, 0.2) is 0 Å². The third-order valence-corrected chi connectivity index (χ3v) is 6.52. The van der Waals surface area contributed by atoms with Crippen molar-refractivity contribution in [2.24, 2.45) is 0 Å². The van der Waals surface area contributed by atoms with E-state index in [2.05, 4.69) is 17.5 Å². The van der Waals surface area contributed by atoms with Crippen molar-refractivity contribution in [1.29, 1.82) is 0 Å². The minimum atomic E-state index is -0.871. The van der Waals surface area contributed by atoms with Gasteiger partial charge < -0.3 is 9.84 Å². The number of fused-ring (bicyclic) bond motifs is 1. The number of nitrogens with zero attached hydrogens (tertiary/aromatic N) is 1. The molecule has 0 amide bonds. The predicted molar refractivity (Wildman–Crippen MR) is 92.4 cm³/mol. The van der Waals surface area contributed by atoms with Gasteiger partial charge in [-0.15, -0.1) is 6.58 Å². The van der Waals surface area contributed by atoms with Crippen molar-refractivity contribution in [3.8, 4) is 5.75 Å². The smallest absolute Gasteiger partial charge is 0.134 e. The first-order valence-corrected chi connectivity index (χ1v) is 8.81. The average molecular weight is 327 g/mol. The molecule has 2 fully saturated rings. The van der Waals surface area contributed by atoms with Crippen LogP contribution in [0.2, 0.25) is 0 Å². The zero-order valence-electron chi connectivity index (χ0n) is 14.3. The number of likely N-dealkylation sites (tertiary alicyclic amines) is 1. The van der Waals surface area contributed by atoms with Crippen molar-refractivity contribution in [2.75, 3.05) is 20.2 Å². The Balaban J connectivity index is 1.94. The first-order valence-electron chi connectivity index (χ1n) is 8.81. The number of hydrogen-bond donors (Lipinski definition) is 1. The summed E-state index contributed by atoms with van der Waals surface area (Å²) in [6.07, 6.45) is 4.93. The van der Waals surface area contributed by atoms with Gasteiger partial charge in [-0.3, -0.25) is 9.69 Å². The molecule has 1 saturated heterocycles. The van der Waals surface area contributed by atoms with Crippen molar-refractivity contribution in [1.82, 2.24) is 4.90 Å². The van der Waals surface area contributed by atoms with Gasteiger partial charge in [0.05, 0.1) is 12.7 Å². The van der Waals surface area contributed by atoms with Gasteiger partial charge in [0.1, 0.15) is 11.5 Å². The average Bonchev–Trinajstić information content (AvgIpc) is 2.57. The number of hydrogen-bond acceptors (Lipinski definition) is 4. The molecule has 3 aliphatic rings. The largest absolute Gasteiger partial charge is 0.496 e. The SMILES string of the molecule is C=CCN1CC[C@]23CC(=O)CCC2(O)[C@H]1Cc1cccc(OC)c13. The van der Waals surface area contributed by atoms with Crippen molar-refractivity contribution in [2.45, 2.75) is 49.2 Å². The van der Waals surface area contributed by atoms with E-state index in [0.717, 1.165) is 37.2 Å². The Labute approximate surface area is 143 Å². The fraction of sp³-hybridized carbons (Fsp3) is 0.550. The Hall–Kier alpha value is -1.65. The highest BCUT2D eigenvalue weighted by Gasteiger charge is 2.65. The molecule has 0 aromatic heterocycles. The molecule has 2 bridgehead atoms. The molecule has 24 heavy (non-hydrogen) atoms. The molecule has 4 heteroatoms. The molecule has 4 rings (SSSR count). The number of methoxy groups -OCH3 is 1. The van der Waals surface area contributed by atoms with Gasteiger partial charge in [0.25, 0.3) is 0 Å². The summed E-state index contributed by atoms with van der Waals surface area (Å²) < 4.78 is 5.65. The van der Waals surface area contributed by atoms with Gasteiger partial charge in [0.2, 0.25) is 0 Å². The van der Waals surface area contributed by atoms with Crippen LogP contribution in [-0.4, -0.2) is 47.6 Å². The van der Waals surface area contributed by atoms with Crippen LogP contribution in [0.5, 0.6) is 5.75 Å². The Morgan fingerprint density at radius 2 is 2.29 bits per heavy atom. The maximum absolute atomic E-state index is 12.4. The number of piperidine rings is 1. The second-order valence-corrected chi connectivity index (χ2v) is 7.47. The van der Waals surface area contributed by atoms with E-state index in [1.165, 1.54) is 5.56 Å². The standard InChI is InChI=1S/C20H25NO3/c1-3-10-21-11-9-19-13-15(22)7-8-20(19,23)17(21)12-14-5-4-6-16(24-2)18(14)19/h3-6,17,23H,1,7-13H2,2H3/t17-,19-,20?/m1/s1. The number of aliphatic hydroxyl groups is 1. The maximum atomic E-state index is 12.4. The number of ketones is 1. The van der Waals surface area contributed by atoms with E-state index < -0.39 is 11.0 Å². The van der Waals surface area contributed by atoms with Crippen LogP contribution in [0.3, 0.4) is 0 Å². The number of rotatable bonds is 3. The Morgan fingerprint density at radius 1 is 1.46 bits per heavy atom. The lowest BCUT2D eigenvalue weighted by Gasteiger charge is -2.63. The molecule has 1 saturated carbocycles. The molecule has 1 aromatic rings. The number of carbonyl (C=O) groups is 1. The third kappa shape index (κ3) is 1.90. The molecule has 1 unspecified atom stereocenters. The molecule has 1 aromatic carbocycles. The first kappa shape index (κ1) is 15.9. The van der Waals surface area contributed by atoms with Gasteiger partial charge >= 0.3 is 0 Å². The zero-order valence-corrected chi connectivity index (χ0v) is 14.3. The first-order chi connectivity index (χ1) is 11.6. The summed E-state index contributed by atoms with van der Waals surface area (Å²) in [5.41, 5.74) is 0.916. The van der Waals surface area contributed by atoms with Gasteiger partial charge in [-0.25, -0.2) is 0 Å². The fourth-order valence-corrected chi connectivity index (χ4v) is 5.51. The third-order valence-electron chi connectivity index (χ3n) is 6.52. The summed E-state index contributed by atoms with van der Waals surface area (Å²) in [7, 11) is 1.68. The lowest BCUT2D eigenvalue weighted by molar-refractivity contribution is -0.171. The number of benzene rings is 1. The molecule has 1 N–H and O–H groups in total. The molecule has 2 aliphatic carbocycles. The van der Waals surface area contributed by atoms with Gasteiger partial charge in [-0.2, -0.15) is 0 Å². The summed E-state index contributed by atoms with van der Waals surface area (Å²) in [6.45, 7) is 5.52. The van der Waals surface area contributed by atoms with Gasteiger partial charge in [0, 0.05) is 36.4 Å². The molecule has 1 aliphatic heterocycles. The fourth-order valence-electron chi connectivity index (χ4n) is 5.51. The monoisotopic (exact) mass is 327 g/mol.